The van der Waals surface area contributed by atoms with Gasteiger partial charge in [-0.3, -0.25) is 5.01 Å². The van der Waals surface area contributed by atoms with Crippen molar-refractivity contribution in [2.75, 3.05) is 33.2 Å². The minimum atomic E-state index is -0.338. The third kappa shape index (κ3) is 3.17. The summed E-state index contributed by atoms with van der Waals surface area (Å²) in [4.78, 5) is 2.24. The molecule has 0 aliphatic carbocycles. The van der Waals surface area contributed by atoms with Crippen LogP contribution in [-0.2, 0) is 0 Å². The Balaban J connectivity index is 2.05. The van der Waals surface area contributed by atoms with Crippen molar-refractivity contribution in [1.82, 2.24) is 9.91 Å². The number of rotatable bonds is 2. The van der Waals surface area contributed by atoms with E-state index < -0.39 is 0 Å². The van der Waals surface area contributed by atoms with E-state index in [-0.39, 0.29) is 5.82 Å². The van der Waals surface area contributed by atoms with Crippen molar-refractivity contribution in [1.29, 1.82) is 0 Å². The maximum atomic E-state index is 13.5. The minimum absolute atomic E-state index is 0.338. The zero-order valence-corrected chi connectivity index (χ0v) is 10.5. The SMILES string of the molecule is CN1CCN(/N=C/c2c(F)cccc2Cl)CC1. The van der Waals surface area contributed by atoms with Crippen molar-refractivity contribution in [3.05, 3.63) is 34.6 Å². The van der Waals surface area contributed by atoms with Gasteiger partial charge in [0.2, 0.25) is 0 Å². The van der Waals surface area contributed by atoms with Gasteiger partial charge in [-0.1, -0.05) is 17.7 Å². The molecule has 0 bridgehead atoms. The normalized spacial score (nSPS) is 17.9. The van der Waals surface area contributed by atoms with Crippen molar-refractivity contribution >= 4 is 17.8 Å². The molecule has 2 rings (SSSR count). The van der Waals surface area contributed by atoms with Crippen molar-refractivity contribution < 1.29 is 4.39 Å². The van der Waals surface area contributed by atoms with Gasteiger partial charge in [-0.15, -0.1) is 0 Å². The first-order chi connectivity index (χ1) is 8.16. The van der Waals surface area contributed by atoms with Crippen LogP contribution in [0.4, 0.5) is 4.39 Å². The Labute approximate surface area is 105 Å². The third-order valence-corrected chi connectivity index (χ3v) is 3.16. The Kier molecular flexibility index (Phi) is 3.97. The molecule has 0 amide bonds. The second-order valence-electron chi connectivity index (χ2n) is 4.14. The van der Waals surface area contributed by atoms with E-state index in [0.29, 0.717) is 10.6 Å². The highest BCUT2D eigenvalue weighted by molar-refractivity contribution is 6.33. The van der Waals surface area contributed by atoms with Gasteiger partial charge in [-0.05, 0) is 19.2 Å². The van der Waals surface area contributed by atoms with E-state index in [9.17, 15) is 4.39 Å². The standard InChI is InChI=1S/C12H15ClFN3/c1-16-5-7-17(8-6-16)15-9-10-11(13)3-2-4-12(10)14/h2-4,9H,5-8H2,1H3/b15-9+. The smallest absolute Gasteiger partial charge is 0.133 e. The average molecular weight is 256 g/mol. The van der Waals surface area contributed by atoms with Crippen molar-refractivity contribution in [3.63, 3.8) is 0 Å². The number of benzene rings is 1. The van der Waals surface area contributed by atoms with Crippen LogP contribution in [0.25, 0.3) is 0 Å². The second kappa shape index (κ2) is 5.47. The van der Waals surface area contributed by atoms with Gasteiger partial charge >= 0.3 is 0 Å². The van der Waals surface area contributed by atoms with E-state index in [1.165, 1.54) is 12.3 Å². The molecule has 1 fully saturated rings. The fourth-order valence-electron chi connectivity index (χ4n) is 1.68. The van der Waals surface area contributed by atoms with Crippen molar-refractivity contribution in [2.24, 2.45) is 5.10 Å². The molecule has 0 aromatic heterocycles. The molecular formula is C12H15ClFN3. The lowest BCUT2D eigenvalue weighted by Gasteiger charge is -2.30. The Morgan fingerprint density at radius 3 is 2.65 bits per heavy atom. The lowest BCUT2D eigenvalue weighted by atomic mass is 10.2. The highest BCUT2D eigenvalue weighted by Gasteiger charge is 2.11. The lowest BCUT2D eigenvalue weighted by Crippen LogP contribution is -2.41. The molecule has 0 atom stereocenters. The van der Waals surface area contributed by atoms with Crippen LogP contribution in [0.3, 0.4) is 0 Å². The fraction of sp³-hybridized carbons (Fsp3) is 0.417. The molecule has 0 unspecified atom stereocenters. The Bertz CT molecular complexity index is 394. The van der Waals surface area contributed by atoms with E-state index in [0.717, 1.165) is 26.2 Å². The zero-order valence-electron chi connectivity index (χ0n) is 9.74. The molecule has 0 N–H and O–H groups in total. The fourth-order valence-corrected chi connectivity index (χ4v) is 1.90. The third-order valence-electron chi connectivity index (χ3n) is 2.83. The predicted octanol–water partition coefficient (Wildman–Crippen LogP) is 2.06. The van der Waals surface area contributed by atoms with Crippen LogP contribution in [0.1, 0.15) is 5.56 Å². The number of hydrazone groups is 1. The van der Waals surface area contributed by atoms with Crippen LogP contribution in [0.5, 0.6) is 0 Å². The number of hydrogen-bond acceptors (Lipinski definition) is 3. The van der Waals surface area contributed by atoms with E-state index >= 15 is 0 Å². The number of halogens is 2. The summed E-state index contributed by atoms with van der Waals surface area (Å²) in [6, 6.07) is 4.64. The maximum absolute atomic E-state index is 13.5. The molecule has 0 saturated carbocycles. The first kappa shape index (κ1) is 12.3. The monoisotopic (exact) mass is 255 g/mol. The summed E-state index contributed by atoms with van der Waals surface area (Å²) < 4.78 is 13.5. The molecule has 3 nitrogen and oxygen atoms in total. The second-order valence-corrected chi connectivity index (χ2v) is 4.54. The highest BCUT2D eigenvalue weighted by Crippen LogP contribution is 2.16. The molecule has 0 radical (unpaired) electrons. The molecular weight excluding hydrogens is 241 g/mol. The van der Waals surface area contributed by atoms with Crippen molar-refractivity contribution in [2.45, 2.75) is 0 Å². The van der Waals surface area contributed by atoms with Gasteiger partial charge in [-0.25, -0.2) is 4.39 Å². The average Bonchev–Trinajstić information content (AvgIpc) is 2.31. The van der Waals surface area contributed by atoms with Gasteiger partial charge in [0.1, 0.15) is 5.82 Å². The van der Waals surface area contributed by atoms with Gasteiger partial charge in [0, 0.05) is 31.7 Å². The number of nitrogens with zero attached hydrogens (tertiary/aromatic N) is 3. The molecule has 1 heterocycles. The quantitative estimate of drug-likeness (QED) is 0.754. The summed E-state index contributed by atoms with van der Waals surface area (Å²) in [5.74, 6) is -0.338. The lowest BCUT2D eigenvalue weighted by molar-refractivity contribution is 0.159. The molecule has 1 aromatic rings. The molecule has 1 aromatic carbocycles. The van der Waals surface area contributed by atoms with E-state index in [2.05, 4.69) is 17.0 Å². The van der Waals surface area contributed by atoms with Gasteiger partial charge in [0.25, 0.3) is 0 Å². The predicted molar refractivity (Wildman–Crippen MR) is 68.1 cm³/mol. The molecule has 1 aliphatic heterocycles. The van der Waals surface area contributed by atoms with Gasteiger partial charge in [0.15, 0.2) is 0 Å². The maximum Gasteiger partial charge on any atom is 0.133 e. The van der Waals surface area contributed by atoms with Crippen LogP contribution in [0, 0.1) is 5.82 Å². The highest BCUT2D eigenvalue weighted by atomic mass is 35.5. The molecule has 5 heteroatoms. The minimum Gasteiger partial charge on any atom is -0.303 e. The number of likely N-dealkylation sites (N-methyl/N-ethyl adjacent to an activating group) is 1. The zero-order chi connectivity index (χ0) is 12.3. The summed E-state index contributed by atoms with van der Waals surface area (Å²) in [5, 5.41) is 6.59. The molecule has 0 spiro atoms. The first-order valence-corrected chi connectivity index (χ1v) is 5.96. The largest absolute Gasteiger partial charge is 0.303 e. The van der Waals surface area contributed by atoms with Crippen LogP contribution in [0.15, 0.2) is 23.3 Å². The van der Waals surface area contributed by atoms with Gasteiger partial charge in [-0.2, -0.15) is 5.10 Å². The van der Waals surface area contributed by atoms with Crippen LogP contribution in [0.2, 0.25) is 5.02 Å². The molecule has 1 saturated heterocycles. The van der Waals surface area contributed by atoms with Crippen LogP contribution < -0.4 is 0 Å². The van der Waals surface area contributed by atoms with E-state index in [1.807, 2.05) is 5.01 Å². The summed E-state index contributed by atoms with van der Waals surface area (Å²) >= 11 is 5.91. The Morgan fingerprint density at radius 1 is 1.29 bits per heavy atom. The van der Waals surface area contributed by atoms with Crippen LogP contribution >= 0.6 is 11.6 Å². The van der Waals surface area contributed by atoms with E-state index in [1.54, 1.807) is 12.1 Å². The molecule has 92 valence electrons. The van der Waals surface area contributed by atoms with Crippen molar-refractivity contribution in [3.8, 4) is 0 Å². The molecule has 17 heavy (non-hydrogen) atoms. The number of piperazine rings is 1. The Hall–Kier alpha value is -1.13. The van der Waals surface area contributed by atoms with Crippen LogP contribution in [-0.4, -0.2) is 49.4 Å². The summed E-state index contributed by atoms with van der Waals surface area (Å²) in [6.07, 6.45) is 1.50. The number of hydrogen-bond donors (Lipinski definition) is 0. The Morgan fingerprint density at radius 2 is 2.00 bits per heavy atom. The van der Waals surface area contributed by atoms with Gasteiger partial charge < -0.3 is 4.90 Å². The summed E-state index contributed by atoms with van der Waals surface area (Å²) in [6.45, 7) is 3.67. The first-order valence-electron chi connectivity index (χ1n) is 5.58. The topological polar surface area (TPSA) is 18.8 Å². The summed E-state index contributed by atoms with van der Waals surface area (Å²) in [5.41, 5.74) is 0.355. The molecule has 1 aliphatic rings. The van der Waals surface area contributed by atoms with E-state index in [4.69, 9.17) is 11.6 Å². The van der Waals surface area contributed by atoms with Gasteiger partial charge in [0.05, 0.1) is 11.2 Å². The summed E-state index contributed by atoms with van der Waals surface area (Å²) in [7, 11) is 2.08.